The zero-order valence-corrected chi connectivity index (χ0v) is 21.1. The Morgan fingerprint density at radius 2 is 1.91 bits per heavy atom. The molecule has 1 saturated carbocycles. The first kappa shape index (κ1) is 24.7. The number of nitrogens with zero attached hydrogens (tertiary/aromatic N) is 3. The van der Waals surface area contributed by atoms with E-state index in [0.717, 1.165) is 55.7 Å². The molecule has 35 heavy (non-hydrogen) atoms. The Morgan fingerprint density at radius 1 is 1.14 bits per heavy atom. The van der Waals surface area contributed by atoms with Crippen LogP contribution in [0.3, 0.4) is 0 Å². The highest BCUT2D eigenvalue weighted by molar-refractivity contribution is 5.92. The number of anilines is 2. The molecule has 0 radical (unpaired) electrons. The van der Waals surface area contributed by atoms with E-state index in [4.69, 9.17) is 15.5 Å². The van der Waals surface area contributed by atoms with Crippen LogP contribution < -0.4 is 15.8 Å². The van der Waals surface area contributed by atoms with E-state index in [-0.39, 0.29) is 17.2 Å². The molecule has 2 aromatic rings. The van der Waals surface area contributed by atoms with Crippen molar-refractivity contribution in [2.75, 3.05) is 18.2 Å². The number of fused-ring (bicyclic) bond motifs is 1. The Hall–Kier alpha value is -3.40. The average molecular weight is 474 g/mol. The van der Waals surface area contributed by atoms with Crippen LogP contribution in [-0.2, 0) is 11.2 Å². The number of benzene rings is 1. The second-order valence-corrected chi connectivity index (χ2v) is 10.5. The van der Waals surface area contributed by atoms with Crippen molar-refractivity contribution in [1.29, 1.82) is 0 Å². The molecule has 2 heterocycles. The number of aryl methyl sites for hydroxylation is 1. The Labute approximate surface area is 208 Å². The fraction of sp³-hybridized carbons (Fsp3) is 0.500. The van der Waals surface area contributed by atoms with Crippen molar-refractivity contribution in [1.82, 2.24) is 9.97 Å². The Bertz CT molecular complexity index is 1160. The number of ether oxygens (including phenoxy) is 1. The monoisotopic (exact) mass is 473 g/mol. The molecule has 4 rings (SSSR count). The first-order chi connectivity index (χ1) is 16.7. The van der Waals surface area contributed by atoms with Crippen LogP contribution in [0.4, 0.5) is 17.2 Å². The molecule has 1 amide bonds. The van der Waals surface area contributed by atoms with Gasteiger partial charge in [0.2, 0.25) is 11.7 Å². The molecule has 0 saturated heterocycles. The lowest BCUT2D eigenvalue weighted by atomic mass is 9.74. The maximum atomic E-state index is 12.8. The topological polar surface area (TPSA) is 102 Å². The fourth-order valence-electron chi connectivity index (χ4n) is 4.80. The van der Waals surface area contributed by atoms with Gasteiger partial charge >= 0.3 is 0 Å². The van der Waals surface area contributed by atoms with Crippen molar-refractivity contribution < 1.29 is 9.53 Å². The van der Waals surface area contributed by atoms with Crippen molar-refractivity contribution in [3.63, 3.8) is 0 Å². The number of carbonyl (C=O) groups excluding carboxylic acids is 1. The van der Waals surface area contributed by atoms with Crippen LogP contribution in [0.1, 0.15) is 64.4 Å². The summed E-state index contributed by atoms with van der Waals surface area (Å²) in [6.45, 7) is 6.16. The number of aliphatic imine (C=N–C) groups is 1. The van der Waals surface area contributed by atoms with E-state index in [1.807, 2.05) is 30.5 Å². The summed E-state index contributed by atoms with van der Waals surface area (Å²) < 4.78 is 5.25. The smallest absolute Gasteiger partial charge is 0.227 e. The number of carbonyl (C=O) groups is 1. The number of amides is 1. The zero-order chi connectivity index (χ0) is 25.0. The highest BCUT2D eigenvalue weighted by Crippen LogP contribution is 2.38. The van der Waals surface area contributed by atoms with Gasteiger partial charge < -0.3 is 15.8 Å². The molecule has 1 aromatic carbocycles. The zero-order valence-electron chi connectivity index (χ0n) is 21.1. The van der Waals surface area contributed by atoms with Gasteiger partial charge in [-0.2, -0.15) is 0 Å². The van der Waals surface area contributed by atoms with Gasteiger partial charge in [-0.25, -0.2) is 9.97 Å². The number of nitrogens with two attached hydrogens (primary N) is 1. The molecular weight excluding hydrogens is 438 g/mol. The molecule has 3 N–H and O–H groups in total. The fourth-order valence-corrected chi connectivity index (χ4v) is 4.80. The second-order valence-electron chi connectivity index (χ2n) is 10.5. The van der Waals surface area contributed by atoms with Crippen LogP contribution in [0.2, 0.25) is 0 Å². The molecular formula is C28H35N5O2. The number of nitrogen functional groups attached to an aromatic ring is 1. The highest BCUT2D eigenvalue weighted by Gasteiger charge is 2.31. The summed E-state index contributed by atoms with van der Waals surface area (Å²) in [6, 6.07) is 7.48. The molecule has 0 bridgehead atoms. The summed E-state index contributed by atoms with van der Waals surface area (Å²) in [6.07, 6.45) is 7.57. The van der Waals surface area contributed by atoms with Crippen LogP contribution in [0.25, 0.3) is 0 Å². The maximum absolute atomic E-state index is 12.8. The van der Waals surface area contributed by atoms with Gasteiger partial charge in [-0.15, -0.1) is 0 Å². The average Bonchev–Trinajstić information content (AvgIpc) is 3.06. The lowest BCUT2D eigenvalue weighted by Gasteiger charge is -2.31. The Morgan fingerprint density at radius 3 is 2.63 bits per heavy atom. The van der Waals surface area contributed by atoms with E-state index < -0.39 is 0 Å². The third-order valence-electron chi connectivity index (χ3n) is 6.73. The van der Waals surface area contributed by atoms with E-state index >= 15 is 0 Å². The molecule has 2 aliphatic rings. The summed E-state index contributed by atoms with van der Waals surface area (Å²) in [5, 5.41) is 3.05. The molecule has 1 aromatic heterocycles. The molecule has 0 spiro atoms. The maximum Gasteiger partial charge on any atom is 0.227 e. The van der Waals surface area contributed by atoms with E-state index in [9.17, 15) is 4.79 Å². The van der Waals surface area contributed by atoms with Crippen LogP contribution >= 0.6 is 0 Å². The number of hydrogen-bond acceptors (Lipinski definition) is 6. The van der Waals surface area contributed by atoms with Crippen molar-refractivity contribution in [2.24, 2.45) is 28.2 Å². The first-order valence-electron chi connectivity index (χ1n) is 12.4. The number of methoxy groups -OCH3 is 1. The van der Waals surface area contributed by atoms with Crippen LogP contribution in [-0.4, -0.2) is 29.2 Å². The van der Waals surface area contributed by atoms with Crippen molar-refractivity contribution in [3.05, 3.63) is 35.8 Å². The molecule has 1 atom stereocenters. The van der Waals surface area contributed by atoms with E-state index in [1.54, 1.807) is 7.11 Å². The van der Waals surface area contributed by atoms with Gasteiger partial charge in [0, 0.05) is 29.3 Å². The number of hydrogen-bond donors (Lipinski definition) is 2. The number of aromatic nitrogens is 2. The normalized spacial score (nSPS) is 21.8. The van der Waals surface area contributed by atoms with E-state index in [2.05, 4.69) is 47.9 Å². The Kier molecular flexibility index (Phi) is 7.39. The van der Waals surface area contributed by atoms with Gasteiger partial charge in [0.1, 0.15) is 11.4 Å². The van der Waals surface area contributed by atoms with Gasteiger partial charge in [-0.1, -0.05) is 12.0 Å². The van der Waals surface area contributed by atoms with Gasteiger partial charge in [0.15, 0.2) is 5.82 Å². The van der Waals surface area contributed by atoms with E-state index in [1.165, 1.54) is 0 Å². The van der Waals surface area contributed by atoms with Crippen LogP contribution in [0, 0.1) is 35.0 Å². The van der Waals surface area contributed by atoms with Crippen LogP contribution in [0.5, 0.6) is 5.75 Å². The first-order valence-corrected chi connectivity index (χ1v) is 12.4. The third kappa shape index (κ3) is 6.39. The molecule has 0 unspecified atom stereocenters. The van der Waals surface area contributed by atoms with Gasteiger partial charge in [-0.3, -0.25) is 9.79 Å². The summed E-state index contributed by atoms with van der Waals surface area (Å²) in [5.41, 5.74) is 8.43. The minimum Gasteiger partial charge on any atom is -0.497 e. The SMILES string of the molecule is COc1cccc(NC(=O)C2CCC([C@H]3C=Nc4c(N)nc(C#CC(C)(C)C)nc4CC3)CC2)c1. The molecule has 1 fully saturated rings. The lowest BCUT2D eigenvalue weighted by Crippen LogP contribution is -2.30. The predicted molar refractivity (Wildman–Crippen MR) is 140 cm³/mol. The molecule has 7 nitrogen and oxygen atoms in total. The van der Waals surface area contributed by atoms with Crippen molar-refractivity contribution in [3.8, 4) is 17.6 Å². The summed E-state index contributed by atoms with van der Waals surface area (Å²) in [4.78, 5) is 26.6. The second kappa shape index (κ2) is 10.5. The van der Waals surface area contributed by atoms with Gasteiger partial charge in [0.05, 0.1) is 12.8 Å². The van der Waals surface area contributed by atoms with Gasteiger partial charge in [0.25, 0.3) is 0 Å². The minimum atomic E-state index is -0.127. The van der Waals surface area contributed by atoms with Crippen LogP contribution in [0.15, 0.2) is 29.3 Å². The summed E-state index contributed by atoms with van der Waals surface area (Å²) in [5.74, 6) is 8.79. The molecule has 1 aliphatic carbocycles. The lowest BCUT2D eigenvalue weighted by molar-refractivity contribution is -0.121. The number of rotatable bonds is 4. The van der Waals surface area contributed by atoms with Gasteiger partial charge in [-0.05, 0) is 89.2 Å². The molecule has 7 heteroatoms. The molecule has 184 valence electrons. The summed E-state index contributed by atoms with van der Waals surface area (Å²) in [7, 11) is 1.62. The predicted octanol–water partition coefficient (Wildman–Crippen LogP) is 5.17. The standard InChI is InChI=1S/C28H35N5O2/c1-28(2,3)15-14-24-32-23-13-12-20(17-30-25(23)26(29)33-24)18-8-10-19(11-9-18)27(34)31-21-6-5-7-22(16-21)35-4/h5-7,16-20H,8-13H2,1-4H3,(H,31,34)(H2,29,32,33)/t18?,19?,20-/m1/s1. The molecule has 1 aliphatic heterocycles. The Balaban J connectivity index is 1.35. The number of nitrogens with one attached hydrogen (secondary N) is 1. The van der Waals surface area contributed by atoms with Crippen molar-refractivity contribution >= 4 is 29.3 Å². The van der Waals surface area contributed by atoms with Crippen molar-refractivity contribution in [2.45, 2.75) is 59.3 Å². The highest BCUT2D eigenvalue weighted by atomic mass is 16.5. The van der Waals surface area contributed by atoms with E-state index in [0.29, 0.717) is 29.2 Å². The summed E-state index contributed by atoms with van der Waals surface area (Å²) >= 11 is 0. The largest absolute Gasteiger partial charge is 0.497 e. The third-order valence-corrected chi connectivity index (χ3v) is 6.73. The quantitative estimate of drug-likeness (QED) is 0.596. The minimum absolute atomic E-state index is 0.0304.